The predicted octanol–water partition coefficient (Wildman–Crippen LogP) is 1.59. The summed E-state index contributed by atoms with van der Waals surface area (Å²) < 4.78 is 10.5. The Labute approximate surface area is 93.0 Å². The van der Waals surface area contributed by atoms with Crippen LogP contribution in [0.4, 0.5) is 0 Å². The lowest BCUT2D eigenvalue weighted by molar-refractivity contribution is 0.0749. The average molecular weight is 219 g/mol. The number of carbonyl (C=O) groups excluding carboxylic acids is 1. The lowest BCUT2D eigenvalue weighted by atomic mass is 10.2. The molecule has 0 aliphatic rings. The van der Waals surface area contributed by atoms with Crippen molar-refractivity contribution in [3.8, 4) is 0 Å². The molecule has 0 unspecified atom stereocenters. The van der Waals surface area contributed by atoms with Crippen molar-refractivity contribution in [2.75, 3.05) is 19.8 Å². The van der Waals surface area contributed by atoms with E-state index in [0.29, 0.717) is 24.5 Å². The zero-order valence-electron chi connectivity index (χ0n) is 8.81. The average Bonchev–Trinajstić information content (AvgIpc) is 2.73. The van der Waals surface area contributed by atoms with Gasteiger partial charge in [0.05, 0.1) is 6.61 Å². The second kappa shape index (κ2) is 4.92. The monoisotopic (exact) mass is 219 g/mol. The topological polar surface area (TPSA) is 65.5 Å². The van der Waals surface area contributed by atoms with Gasteiger partial charge in [-0.3, -0.25) is 4.79 Å². The minimum atomic E-state index is -0.162. The quantitative estimate of drug-likeness (QED) is 0.612. The number of nitrogens with two attached hydrogens (primary N) is 1. The molecule has 2 rings (SSSR count). The fourth-order valence-electron chi connectivity index (χ4n) is 1.44. The molecule has 1 aromatic carbocycles. The van der Waals surface area contributed by atoms with Crippen molar-refractivity contribution in [3.05, 3.63) is 36.1 Å². The van der Waals surface area contributed by atoms with E-state index in [2.05, 4.69) is 0 Å². The Hall–Kier alpha value is -1.65. The molecule has 0 saturated heterocycles. The van der Waals surface area contributed by atoms with E-state index in [4.69, 9.17) is 14.9 Å². The van der Waals surface area contributed by atoms with E-state index >= 15 is 0 Å². The molecule has 84 valence electrons. The van der Waals surface area contributed by atoms with Crippen molar-refractivity contribution < 1.29 is 13.9 Å². The van der Waals surface area contributed by atoms with Crippen molar-refractivity contribution in [2.45, 2.75) is 0 Å². The Balaban J connectivity index is 2.11. The number of ether oxygens (including phenoxy) is 1. The molecule has 0 aliphatic heterocycles. The Bertz CT molecular complexity index is 457. The van der Waals surface area contributed by atoms with Gasteiger partial charge in [-0.15, -0.1) is 0 Å². The maximum Gasteiger partial charge on any atom is 0.223 e. The molecule has 1 aromatic heterocycles. The normalized spacial score (nSPS) is 10.8. The van der Waals surface area contributed by atoms with Crippen LogP contribution >= 0.6 is 0 Å². The molecule has 0 saturated carbocycles. The van der Waals surface area contributed by atoms with Gasteiger partial charge in [-0.1, -0.05) is 18.2 Å². The highest BCUT2D eigenvalue weighted by atomic mass is 16.5. The predicted molar refractivity (Wildman–Crippen MR) is 60.4 cm³/mol. The molecule has 4 nitrogen and oxygen atoms in total. The van der Waals surface area contributed by atoms with Crippen molar-refractivity contribution >= 4 is 16.8 Å². The van der Waals surface area contributed by atoms with Gasteiger partial charge in [0.25, 0.3) is 0 Å². The van der Waals surface area contributed by atoms with Gasteiger partial charge in [0.15, 0.2) is 5.76 Å². The summed E-state index contributed by atoms with van der Waals surface area (Å²) in [5.41, 5.74) is 5.97. The van der Waals surface area contributed by atoms with Gasteiger partial charge in [-0.2, -0.15) is 0 Å². The maximum atomic E-state index is 11.6. The number of rotatable bonds is 5. The molecule has 4 heteroatoms. The van der Waals surface area contributed by atoms with Crippen molar-refractivity contribution in [1.29, 1.82) is 0 Å². The highest BCUT2D eigenvalue weighted by Gasteiger charge is 2.11. The van der Waals surface area contributed by atoms with Gasteiger partial charge in [-0.05, 0) is 12.1 Å². The van der Waals surface area contributed by atoms with Crippen molar-refractivity contribution in [2.24, 2.45) is 5.73 Å². The number of Topliss-reactive ketones (excluding diaryl/α,β-unsaturated/α-hetero) is 1. The SMILES string of the molecule is NCCOCC(=O)c1cc2ccccc2o1. The van der Waals surface area contributed by atoms with Gasteiger partial charge in [0.2, 0.25) is 5.78 Å². The number of para-hydroxylation sites is 1. The summed E-state index contributed by atoms with van der Waals surface area (Å²) in [6.07, 6.45) is 0. The lowest BCUT2D eigenvalue weighted by Crippen LogP contribution is -2.14. The van der Waals surface area contributed by atoms with E-state index < -0.39 is 0 Å². The first-order valence-corrected chi connectivity index (χ1v) is 5.11. The summed E-state index contributed by atoms with van der Waals surface area (Å²) in [6.45, 7) is 0.802. The minimum absolute atomic E-state index is 0.0109. The number of hydrogen-bond donors (Lipinski definition) is 1. The smallest absolute Gasteiger partial charge is 0.223 e. The maximum absolute atomic E-state index is 11.6. The standard InChI is InChI=1S/C12H13NO3/c13-5-6-15-8-10(14)12-7-9-3-1-2-4-11(9)16-12/h1-4,7H,5-6,8,13H2. The zero-order chi connectivity index (χ0) is 11.4. The fraction of sp³-hybridized carbons (Fsp3) is 0.250. The van der Waals surface area contributed by atoms with Crippen LogP contribution in [0.3, 0.4) is 0 Å². The van der Waals surface area contributed by atoms with E-state index in [1.807, 2.05) is 24.3 Å². The summed E-state index contributed by atoms with van der Waals surface area (Å²) >= 11 is 0. The van der Waals surface area contributed by atoms with E-state index in [0.717, 1.165) is 5.39 Å². The third-order valence-electron chi connectivity index (χ3n) is 2.20. The molecule has 0 atom stereocenters. The molecule has 0 aliphatic carbocycles. The molecule has 1 heterocycles. The van der Waals surface area contributed by atoms with E-state index in [1.54, 1.807) is 6.07 Å². The molecule has 0 bridgehead atoms. The number of furan rings is 1. The van der Waals surface area contributed by atoms with Gasteiger partial charge < -0.3 is 14.9 Å². The van der Waals surface area contributed by atoms with Crippen LogP contribution in [-0.2, 0) is 4.74 Å². The first kappa shape index (κ1) is 10.9. The van der Waals surface area contributed by atoms with Crippen LogP contribution in [-0.4, -0.2) is 25.5 Å². The van der Waals surface area contributed by atoms with Gasteiger partial charge >= 0.3 is 0 Å². The van der Waals surface area contributed by atoms with Gasteiger partial charge in [0.1, 0.15) is 12.2 Å². The molecule has 16 heavy (non-hydrogen) atoms. The fourth-order valence-corrected chi connectivity index (χ4v) is 1.44. The molecule has 0 radical (unpaired) electrons. The van der Waals surface area contributed by atoms with E-state index in [-0.39, 0.29) is 12.4 Å². The third-order valence-corrected chi connectivity index (χ3v) is 2.20. The number of ketones is 1. The Morgan fingerprint density at radius 3 is 2.94 bits per heavy atom. The zero-order valence-corrected chi connectivity index (χ0v) is 8.81. The van der Waals surface area contributed by atoms with Crippen LogP contribution in [0.5, 0.6) is 0 Å². The van der Waals surface area contributed by atoms with Gasteiger partial charge in [0, 0.05) is 11.9 Å². The highest BCUT2D eigenvalue weighted by molar-refractivity contribution is 5.98. The van der Waals surface area contributed by atoms with Crippen LogP contribution in [0, 0.1) is 0 Å². The Morgan fingerprint density at radius 2 is 2.19 bits per heavy atom. The molecular formula is C12H13NO3. The van der Waals surface area contributed by atoms with Crippen LogP contribution in [0.15, 0.2) is 34.7 Å². The summed E-state index contributed by atoms with van der Waals surface area (Å²) in [4.78, 5) is 11.6. The summed E-state index contributed by atoms with van der Waals surface area (Å²) in [7, 11) is 0. The lowest BCUT2D eigenvalue weighted by Gasteiger charge is -1.98. The highest BCUT2D eigenvalue weighted by Crippen LogP contribution is 2.18. The Kier molecular flexibility index (Phi) is 3.34. The van der Waals surface area contributed by atoms with E-state index in [9.17, 15) is 4.79 Å². The second-order valence-electron chi connectivity index (χ2n) is 3.41. The molecule has 2 N–H and O–H groups in total. The number of benzene rings is 1. The number of hydrogen-bond acceptors (Lipinski definition) is 4. The number of fused-ring (bicyclic) bond motifs is 1. The molecule has 0 amide bonds. The van der Waals surface area contributed by atoms with Crippen LogP contribution in [0.1, 0.15) is 10.6 Å². The Morgan fingerprint density at radius 1 is 1.38 bits per heavy atom. The van der Waals surface area contributed by atoms with E-state index in [1.165, 1.54) is 0 Å². The first-order valence-electron chi connectivity index (χ1n) is 5.11. The molecule has 0 fully saturated rings. The minimum Gasteiger partial charge on any atom is -0.453 e. The van der Waals surface area contributed by atoms with Crippen molar-refractivity contribution in [3.63, 3.8) is 0 Å². The largest absolute Gasteiger partial charge is 0.453 e. The summed E-state index contributed by atoms with van der Waals surface area (Å²) in [6, 6.07) is 9.22. The molecule has 0 spiro atoms. The summed E-state index contributed by atoms with van der Waals surface area (Å²) in [5.74, 6) is 0.169. The molecular weight excluding hydrogens is 206 g/mol. The first-order chi connectivity index (χ1) is 7.81. The third kappa shape index (κ3) is 2.29. The van der Waals surface area contributed by atoms with Crippen molar-refractivity contribution in [1.82, 2.24) is 0 Å². The molecule has 2 aromatic rings. The van der Waals surface area contributed by atoms with Crippen LogP contribution in [0.2, 0.25) is 0 Å². The summed E-state index contributed by atoms with van der Waals surface area (Å²) in [5, 5.41) is 0.921. The van der Waals surface area contributed by atoms with Crippen LogP contribution < -0.4 is 5.73 Å². The van der Waals surface area contributed by atoms with Gasteiger partial charge in [-0.25, -0.2) is 0 Å². The van der Waals surface area contributed by atoms with Crippen LogP contribution in [0.25, 0.3) is 11.0 Å². The second-order valence-corrected chi connectivity index (χ2v) is 3.41. The number of carbonyl (C=O) groups is 1.